The van der Waals surface area contributed by atoms with Gasteiger partial charge in [0.1, 0.15) is 19.2 Å². The molecule has 74 valence electrons. The SMILES string of the molecule is Bc1ccc2ncc(C(=O)O)c(O)c2c1. The molecule has 15 heavy (non-hydrogen) atoms. The first kappa shape index (κ1) is 9.52. The zero-order valence-corrected chi connectivity index (χ0v) is 8.06. The fraction of sp³-hybridized carbons (Fsp3) is 0. The third-order valence-electron chi connectivity index (χ3n) is 2.23. The van der Waals surface area contributed by atoms with E-state index in [2.05, 4.69) is 4.98 Å². The van der Waals surface area contributed by atoms with Crippen molar-refractivity contribution in [3.63, 3.8) is 0 Å². The lowest BCUT2D eigenvalue weighted by molar-refractivity contribution is 0.0693. The molecule has 0 saturated heterocycles. The number of aromatic nitrogens is 1. The highest BCUT2D eigenvalue weighted by Crippen LogP contribution is 2.25. The normalized spacial score (nSPS) is 10.4. The van der Waals surface area contributed by atoms with Crippen molar-refractivity contribution in [1.82, 2.24) is 4.98 Å². The van der Waals surface area contributed by atoms with Crippen molar-refractivity contribution in [3.8, 4) is 5.75 Å². The molecule has 0 saturated carbocycles. The Morgan fingerprint density at radius 3 is 2.80 bits per heavy atom. The lowest BCUT2D eigenvalue weighted by atomic mass is 9.94. The molecule has 2 N–H and O–H groups in total. The topological polar surface area (TPSA) is 70.4 Å². The van der Waals surface area contributed by atoms with Gasteiger partial charge in [0.05, 0.1) is 5.52 Å². The lowest BCUT2D eigenvalue weighted by Crippen LogP contribution is -2.03. The Morgan fingerprint density at radius 1 is 1.40 bits per heavy atom. The molecule has 2 rings (SSSR count). The van der Waals surface area contributed by atoms with Gasteiger partial charge in [-0.05, 0) is 6.07 Å². The maximum atomic E-state index is 10.8. The quantitative estimate of drug-likeness (QED) is 0.632. The van der Waals surface area contributed by atoms with Crippen LogP contribution in [0.25, 0.3) is 10.9 Å². The molecule has 0 fully saturated rings. The monoisotopic (exact) mass is 201 g/mol. The molecule has 2 aromatic rings. The van der Waals surface area contributed by atoms with Crippen LogP contribution in [0.1, 0.15) is 10.4 Å². The lowest BCUT2D eigenvalue weighted by Gasteiger charge is -2.04. The number of pyridine rings is 1. The largest absolute Gasteiger partial charge is 0.506 e. The summed E-state index contributed by atoms with van der Waals surface area (Å²) < 4.78 is 0. The highest BCUT2D eigenvalue weighted by Gasteiger charge is 2.13. The van der Waals surface area contributed by atoms with Gasteiger partial charge < -0.3 is 10.2 Å². The van der Waals surface area contributed by atoms with Crippen molar-refractivity contribution in [3.05, 3.63) is 30.0 Å². The van der Waals surface area contributed by atoms with E-state index in [1.807, 2.05) is 13.9 Å². The predicted octanol–water partition coefficient (Wildman–Crippen LogP) is -0.103. The maximum Gasteiger partial charge on any atom is 0.341 e. The Hall–Kier alpha value is -2.04. The van der Waals surface area contributed by atoms with Gasteiger partial charge in [-0.2, -0.15) is 0 Å². The summed E-state index contributed by atoms with van der Waals surface area (Å²) in [5.41, 5.74) is 1.36. The number of benzene rings is 1. The number of aromatic carboxylic acids is 1. The Balaban J connectivity index is 2.82. The van der Waals surface area contributed by atoms with E-state index in [4.69, 9.17) is 5.11 Å². The summed E-state index contributed by atoms with van der Waals surface area (Å²) in [6.07, 6.45) is 1.16. The van der Waals surface area contributed by atoms with Crippen molar-refractivity contribution in [2.24, 2.45) is 0 Å². The van der Waals surface area contributed by atoms with Gasteiger partial charge in [-0.15, -0.1) is 0 Å². The van der Waals surface area contributed by atoms with E-state index < -0.39 is 5.97 Å². The first-order valence-electron chi connectivity index (χ1n) is 4.41. The van der Waals surface area contributed by atoms with Gasteiger partial charge in [-0.1, -0.05) is 17.6 Å². The average Bonchev–Trinajstić information content (AvgIpc) is 2.19. The van der Waals surface area contributed by atoms with E-state index in [0.717, 1.165) is 11.7 Å². The highest BCUT2D eigenvalue weighted by molar-refractivity contribution is 6.33. The second kappa shape index (κ2) is 3.27. The van der Waals surface area contributed by atoms with Crippen LogP contribution in [0.5, 0.6) is 5.75 Å². The maximum absolute atomic E-state index is 10.8. The summed E-state index contributed by atoms with van der Waals surface area (Å²) in [7, 11) is 1.87. The number of fused-ring (bicyclic) bond motifs is 1. The third-order valence-corrected chi connectivity index (χ3v) is 2.23. The van der Waals surface area contributed by atoms with Crippen molar-refractivity contribution in [2.45, 2.75) is 0 Å². The fourth-order valence-electron chi connectivity index (χ4n) is 1.45. The van der Waals surface area contributed by atoms with E-state index in [0.29, 0.717) is 10.9 Å². The molecule has 0 atom stereocenters. The van der Waals surface area contributed by atoms with E-state index in [1.54, 1.807) is 12.1 Å². The minimum atomic E-state index is -1.18. The number of carboxylic acids is 1. The standard InChI is InChI=1S/C10H8BNO3/c11-5-1-2-8-6(3-5)9(13)7(4-12-8)10(14)15/h1-4H,11H2,(H,12,13)(H,14,15). The second-order valence-corrected chi connectivity index (χ2v) is 3.35. The van der Waals surface area contributed by atoms with Crippen LogP contribution in [0.3, 0.4) is 0 Å². The van der Waals surface area contributed by atoms with Crippen molar-refractivity contribution in [2.75, 3.05) is 0 Å². The fourth-order valence-corrected chi connectivity index (χ4v) is 1.45. The van der Waals surface area contributed by atoms with Crippen LogP contribution in [0.15, 0.2) is 24.4 Å². The summed E-state index contributed by atoms with van der Waals surface area (Å²) in [6, 6.07) is 5.31. The molecule has 0 unspecified atom stereocenters. The van der Waals surface area contributed by atoms with Gasteiger partial charge in [0.15, 0.2) is 0 Å². The van der Waals surface area contributed by atoms with Crippen LogP contribution in [0.2, 0.25) is 0 Å². The number of hydrogen-bond acceptors (Lipinski definition) is 3. The van der Waals surface area contributed by atoms with Crippen LogP contribution in [-0.2, 0) is 0 Å². The van der Waals surface area contributed by atoms with E-state index in [1.165, 1.54) is 0 Å². The van der Waals surface area contributed by atoms with Crippen molar-refractivity contribution < 1.29 is 15.0 Å². The number of aromatic hydroxyl groups is 1. The predicted molar refractivity (Wildman–Crippen MR) is 58.5 cm³/mol. The Labute approximate surface area is 86.6 Å². The van der Waals surface area contributed by atoms with E-state index in [-0.39, 0.29) is 11.3 Å². The number of rotatable bonds is 1. The Bertz CT molecular complexity index is 554. The molecule has 1 heterocycles. The zero-order chi connectivity index (χ0) is 11.0. The van der Waals surface area contributed by atoms with Crippen LogP contribution in [0.4, 0.5) is 0 Å². The summed E-state index contributed by atoms with van der Waals surface area (Å²) >= 11 is 0. The van der Waals surface area contributed by atoms with Gasteiger partial charge in [0.25, 0.3) is 0 Å². The van der Waals surface area contributed by atoms with Crippen LogP contribution in [0, 0.1) is 0 Å². The van der Waals surface area contributed by atoms with Crippen molar-refractivity contribution in [1.29, 1.82) is 0 Å². The molecular weight excluding hydrogens is 193 g/mol. The van der Waals surface area contributed by atoms with Gasteiger partial charge in [0, 0.05) is 11.6 Å². The first-order chi connectivity index (χ1) is 7.09. The zero-order valence-electron chi connectivity index (χ0n) is 8.06. The summed E-state index contributed by atoms with van der Waals surface area (Å²) in [4.78, 5) is 14.7. The van der Waals surface area contributed by atoms with Crippen LogP contribution in [-0.4, -0.2) is 29.0 Å². The summed E-state index contributed by atoms with van der Waals surface area (Å²) in [6.45, 7) is 0. The minimum Gasteiger partial charge on any atom is -0.506 e. The third kappa shape index (κ3) is 1.52. The minimum absolute atomic E-state index is 0.173. The van der Waals surface area contributed by atoms with E-state index in [9.17, 15) is 9.90 Å². The van der Waals surface area contributed by atoms with Crippen LogP contribution >= 0.6 is 0 Å². The molecule has 0 bridgehead atoms. The number of carbonyl (C=O) groups is 1. The molecular formula is C10H8BNO3. The molecule has 1 aromatic carbocycles. The van der Waals surface area contributed by atoms with E-state index >= 15 is 0 Å². The second-order valence-electron chi connectivity index (χ2n) is 3.35. The molecule has 0 radical (unpaired) electrons. The first-order valence-corrected chi connectivity index (χ1v) is 4.41. The number of carboxylic acid groups (broad SMARTS) is 1. The number of hydrogen-bond donors (Lipinski definition) is 2. The molecule has 5 heteroatoms. The Kier molecular flexibility index (Phi) is 2.08. The van der Waals surface area contributed by atoms with Crippen molar-refractivity contribution >= 4 is 30.2 Å². The molecule has 0 aliphatic rings. The summed E-state index contributed by atoms with van der Waals surface area (Å²) in [5, 5.41) is 19.0. The van der Waals surface area contributed by atoms with Gasteiger partial charge in [-0.3, -0.25) is 4.98 Å². The van der Waals surface area contributed by atoms with Gasteiger partial charge >= 0.3 is 5.97 Å². The molecule has 0 aliphatic heterocycles. The van der Waals surface area contributed by atoms with Crippen LogP contribution < -0.4 is 5.46 Å². The number of nitrogens with zero attached hydrogens (tertiary/aromatic N) is 1. The Morgan fingerprint density at radius 2 is 2.13 bits per heavy atom. The summed E-state index contributed by atoms with van der Waals surface area (Å²) in [5.74, 6) is -1.40. The molecule has 4 nitrogen and oxygen atoms in total. The molecule has 1 aromatic heterocycles. The average molecular weight is 201 g/mol. The van der Waals surface area contributed by atoms with Gasteiger partial charge in [-0.25, -0.2) is 4.79 Å². The molecule has 0 aliphatic carbocycles. The highest BCUT2D eigenvalue weighted by atomic mass is 16.4. The molecule has 0 spiro atoms. The molecule has 0 amide bonds. The smallest absolute Gasteiger partial charge is 0.341 e. The van der Waals surface area contributed by atoms with Gasteiger partial charge in [0.2, 0.25) is 0 Å².